The summed E-state index contributed by atoms with van der Waals surface area (Å²) in [5, 5.41) is 2.28. The van der Waals surface area contributed by atoms with Crippen molar-refractivity contribution in [2.75, 3.05) is 6.79 Å². The van der Waals surface area contributed by atoms with Gasteiger partial charge in [0.05, 0.1) is 5.92 Å². The molecule has 3 rings (SSSR count). The molecule has 28 heavy (non-hydrogen) atoms. The molecule has 4 heteroatoms. The summed E-state index contributed by atoms with van der Waals surface area (Å²) >= 11 is 0. The van der Waals surface area contributed by atoms with Crippen molar-refractivity contribution in [1.82, 2.24) is 0 Å². The van der Waals surface area contributed by atoms with E-state index in [2.05, 4.69) is 69.3 Å². The third kappa shape index (κ3) is 4.39. The molecule has 1 aliphatic carbocycles. The highest BCUT2D eigenvalue weighted by Gasteiger charge is 2.50. The predicted octanol–water partition coefficient (Wildman–Crippen LogP) is 4.64. The van der Waals surface area contributed by atoms with Crippen LogP contribution >= 0.6 is 0 Å². The Morgan fingerprint density at radius 3 is 1.86 bits per heavy atom. The minimum absolute atomic E-state index is 0.0165. The molecule has 1 aliphatic rings. The minimum Gasteiger partial charge on any atom is -0.439 e. The number of ether oxygens (including phenoxy) is 1. The van der Waals surface area contributed by atoms with Gasteiger partial charge < -0.3 is 9.16 Å². The number of carbonyl (C=O) groups is 1. The molecular weight excluding hydrogens is 364 g/mol. The lowest BCUT2D eigenvalue weighted by molar-refractivity contribution is -0.156. The fraction of sp³-hybridized carbons (Fsp3) is 0.458. The molecule has 3 nitrogen and oxygen atoms in total. The number of rotatable bonds is 6. The third-order valence-electron chi connectivity index (χ3n) is 5.83. The zero-order valence-electron chi connectivity index (χ0n) is 17.3. The maximum Gasteiger partial charge on any atom is 0.311 e. The summed E-state index contributed by atoms with van der Waals surface area (Å²) < 4.78 is 12.3. The lowest BCUT2D eigenvalue weighted by atomic mass is 9.89. The van der Waals surface area contributed by atoms with Gasteiger partial charge in [0.2, 0.25) is 0 Å². The zero-order chi connectivity index (χ0) is 20.0. The van der Waals surface area contributed by atoms with E-state index in [-0.39, 0.29) is 23.7 Å². The van der Waals surface area contributed by atoms with Crippen molar-refractivity contribution in [3.05, 3.63) is 60.7 Å². The average molecular weight is 397 g/mol. The van der Waals surface area contributed by atoms with E-state index < -0.39 is 8.32 Å². The van der Waals surface area contributed by atoms with E-state index in [1.54, 1.807) is 0 Å². The van der Waals surface area contributed by atoms with Crippen LogP contribution in [0.2, 0.25) is 5.04 Å². The Kier molecular flexibility index (Phi) is 6.73. The molecule has 2 aromatic carbocycles. The van der Waals surface area contributed by atoms with Gasteiger partial charge in [0.15, 0.2) is 6.79 Å². The van der Waals surface area contributed by atoms with E-state index in [0.717, 1.165) is 25.7 Å². The van der Waals surface area contributed by atoms with Crippen LogP contribution in [0.15, 0.2) is 60.7 Å². The highest BCUT2D eigenvalue weighted by molar-refractivity contribution is 6.99. The molecule has 150 valence electrons. The quantitative estimate of drug-likeness (QED) is 0.405. The van der Waals surface area contributed by atoms with Crippen LogP contribution in [0.25, 0.3) is 0 Å². The van der Waals surface area contributed by atoms with Crippen LogP contribution in [0.5, 0.6) is 0 Å². The molecule has 0 spiro atoms. The molecule has 0 heterocycles. The molecule has 0 saturated heterocycles. The SMILES string of the molecule is CC(C)(C)[Si](OCOC(=O)C1CCCCC1)(c1ccccc1)c1ccccc1. The number of hydrogen-bond acceptors (Lipinski definition) is 3. The Balaban J connectivity index is 1.87. The first-order chi connectivity index (χ1) is 13.4. The topological polar surface area (TPSA) is 35.5 Å². The van der Waals surface area contributed by atoms with Crippen molar-refractivity contribution >= 4 is 24.7 Å². The predicted molar refractivity (Wildman–Crippen MR) is 116 cm³/mol. The second-order valence-corrected chi connectivity index (χ2v) is 13.0. The van der Waals surface area contributed by atoms with Crippen LogP contribution in [0.4, 0.5) is 0 Å². The highest BCUT2D eigenvalue weighted by Crippen LogP contribution is 2.36. The van der Waals surface area contributed by atoms with Crippen LogP contribution in [0.3, 0.4) is 0 Å². The smallest absolute Gasteiger partial charge is 0.311 e. The Hall–Kier alpha value is -1.91. The molecule has 0 amide bonds. The Morgan fingerprint density at radius 2 is 1.39 bits per heavy atom. The van der Waals surface area contributed by atoms with Crippen LogP contribution in [-0.2, 0) is 14.0 Å². The first kappa shape index (κ1) is 20.8. The lowest BCUT2D eigenvalue weighted by Gasteiger charge is -2.42. The molecule has 0 aliphatic heterocycles. The van der Waals surface area contributed by atoms with Crippen LogP contribution in [-0.4, -0.2) is 21.1 Å². The molecule has 0 bridgehead atoms. The van der Waals surface area contributed by atoms with Crippen molar-refractivity contribution in [3.63, 3.8) is 0 Å². The van der Waals surface area contributed by atoms with E-state index in [1.807, 2.05) is 12.1 Å². The molecule has 1 saturated carbocycles. The Morgan fingerprint density at radius 1 is 0.893 bits per heavy atom. The minimum atomic E-state index is -2.64. The fourth-order valence-electron chi connectivity index (χ4n) is 4.39. The molecule has 0 aromatic heterocycles. The monoisotopic (exact) mass is 396 g/mol. The normalized spacial score (nSPS) is 16.0. The first-order valence-electron chi connectivity index (χ1n) is 10.4. The first-order valence-corrected chi connectivity index (χ1v) is 12.3. The van der Waals surface area contributed by atoms with E-state index >= 15 is 0 Å². The summed E-state index contributed by atoms with van der Waals surface area (Å²) in [6.45, 7) is 6.69. The molecule has 0 radical (unpaired) electrons. The number of esters is 1. The van der Waals surface area contributed by atoms with Gasteiger partial charge in [0.25, 0.3) is 8.32 Å². The fourth-order valence-corrected chi connectivity index (χ4v) is 8.78. The van der Waals surface area contributed by atoms with Gasteiger partial charge in [0, 0.05) is 0 Å². The maximum absolute atomic E-state index is 12.5. The second-order valence-electron chi connectivity index (χ2n) is 8.72. The van der Waals surface area contributed by atoms with Gasteiger partial charge in [-0.25, -0.2) is 0 Å². The van der Waals surface area contributed by atoms with Crippen molar-refractivity contribution in [1.29, 1.82) is 0 Å². The van der Waals surface area contributed by atoms with Crippen molar-refractivity contribution in [2.45, 2.75) is 57.9 Å². The summed E-state index contributed by atoms with van der Waals surface area (Å²) in [4.78, 5) is 12.5. The molecule has 2 aromatic rings. The Labute approximate surface area is 170 Å². The van der Waals surface area contributed by atoms with Crippen molar-refractivity contribution in [2.24, 2.45) is 5.92 Å². The van der Waals surface area contributed by atoms with Gasteiger partial charge in [-0.15, -0.1) is 0 Å². The number of benzene rings is 2. The van der Waals surface area contributed by atoms with E-state index in [9.17, 15) is 4.79 Å². The summed E-state index contributed by atoms with van der Waals surface area (Å²) in [6, 6.07) is 20.9. The summed E-state index contributed by atoms with van der Waals surface area (Å²) in [6.07, 6.45) is 5.35. The number of carbonyl (C=O) groups excluding carboxylic acids is 1. The summed E-state index contributed by atoms with van der Waals surface area (Å²) in [7, 11) is -2.64. The van der Waals surface area contributed by atoms with Gasteiger partial charge in [-0.05, 0) is 28.3 Å². The van der Waals surface area contributed by atoms with E-state index in [4.69, 9.17) is 9.16 Å². The van der Waals surface area contributed by atoms with E-state index in [0.29, 0.717) is 0 Å². The Bertz CT molecular complexity index is 707. The summed E-state index contributed by atoms with van der Waals surface area (Å²) in [5.74, 6) is -0.0610. The summed E-state index contributed by atoms with van der Waals surface area (Å²) in [5.41, 5.74) is 0. The van der Waals surface area contributed by atoms with Gasteiger partial charge in [-0.2, -0.15) is 0 Å². The van der Waals surface area contributed by atoms with Crippen molar-refractivity contribution < 1.29 is 14.0 Å². The molecule has 0 atom stereocenters. The largest absolute Gasteiger partial charge is 0.439 e. The highest BCUT2D eigenvalue weighted by atomic mass is 28.4. The second kappa shape index (κ2) is 9.06. The van der Waals surface area contributed by atoms with Gasteiger partial charge in [-0.1, -0.05) is 101 Å². The third-order valence-corrected chi connectivity index (χ3v) is 10.8. The molecule has 0 N–H and O–H groups in total. The van der Waals surface area contributed by atoms with Gasteiger partial charge in [0.1, 0.15) is 0 Å². The van der Waals surface area contributed by atoms with Crippen molar-refractivity contribution in [3.8, 4) is 0 Å². The van der Waals surface area contributed by atoms with Crippen LogP contribution in [0, 0.1) is 5.92 Å². The van der Waals surface area contributed by atoms with E-state index in [1.165, 1.54) is 16.8 Å². The number of hydrogen-bond donors (Lipinski definition) is 0. The van der Waals surface area contributed by atoms with Crippen LogP contribution < -0.4 is 10.4 Å². The van der Waals surface area contributed by atoms with Gasteiger partial charge >= 0.3 is 5.97 Å². The van der Waals surface area contributed by atoms with Crippen LogP contribution in [0.1, 0.15) is 52.9 Å². The maximum atomic E-state index is 12.5. The van der Waals surface area contributed by atoms with Gasteiger partial charge in [-0.3, -0.25) is 4.79 Å². The lowest BCUT2D eigenvalue weighted by Crippen LogP contribution is -2.66. The standard InChI is InChI=1S/C24H32O3Si/c1-24(2,3)28(21-15-9-5-10-16-21,22-17-11-6-12-18-22)27-19-26-23(25)20-13-7-4-8-14-20/h5-6,9-12,15-18,20H,4,7-8,13-14,19H2,1-3H3. The molecular formula is C24H32O3Si. The molecule has 1 fully saturated rings. The average Bonchev–Trinajstić information content (AvgIpc) is 2.72. The zero-order valence-corrected chi connectivity index (χ0v) is 18.3. The molecule has 0 unspecified atom stereocenters.